The van der Waals surface area contributed by atoms with E-state index in [9.17, 15) is 28.3 Å². The molecule has 1 fully saturated rings. The van der Waals surface area contributed by atoms with Crippen LogP contribution in [0.2, 0.25) is 10.0 Å². The van der Waals surface area contributed by atoms with Crippen molar-refractivity contribution in [2.45, 2.75) is 56.3 Å². The maximum absolute atomic E-state index is 12.3. The van der Waals surface area contributed by atoms with Crippen LogP contribution in [0.4, 0.5) is 13.2 Å². The Balaban J connectivity index is 0.000000572. The van der Waals surface area contributed by atoms with E-state index in [-0.39, 0.29) is 12.0 Å². The normalized spacial score (nSPS) is 23.5. The summed E-state index contributed by atoms with van der Waals surface area (Å²) in [4.78, 5) is 21.2. The van der Waals surface area contributed by atoms with Crippen LogP contribution < -0.4 is 5.32 Å². The number of carboxylic acid groups (broad SMARTS) is 2. The quantitative estimate of drug-likeness (QED) is 0.409. The van der Waals surface area contributed by atoms with Gasteiger partial charge in [-0.2, -0.15) is 18.4 Å². The Morgan fingerprint density at radius 2 is 1.64 bits per heavy atom. The molecule has 3 rings (SSSR count). The molecule has 0 amide bonds. The Morgan fingerprint density at radius 1 is 1.08 bits per heavy atom. The molecule has 4 atom stereocenters. The van der Waals surface area contributed by atoms with Gasteiger partial charge in [0.1, 0.15) is 11.5 Å². The summed E-state index contributed by atoms with van der Waals surface area (Å²) >= 11 is 12.3. The standard InChI is InChI=1S/C23H24Cl2N2O2.C2HF3O2/c1-3-14(4-2)21-23(13-26,16-8-10-17(24)11-9-16)19(20(27-21)22(28)29)15-6-5-7-18(25)12-15;3-2(4,5)1(6)7/h5-12,14,19-21,27H,3-4H2,1-2H3,(H,28,29);(H,6,7)/t19-,20+,21+,23+;/m0./s1. The van der Waals surface area contributed by atoms with Crippen LogP contribution in [0.3, 0.4) is 0 Å². The lowest BCUT2D eigenvalue weighted by Gasteiger charge is -2.38. The van der Waals surface area contributed by atoms with Crippen LogP contribution >= 0.6 is 23.2 Å². The third kappa shape index (κ3) is 6.12. The average molecular weight is 545 g/mol. The minimum atomic E-state index is -5.08. The Hall–Kier alpha value is -2.80. The van der Waals surface area contributed by atoms with Gasteiger partial charge in [0.2, 0.25) is 0 Å². The van der Waals surface area contributed by atoms with Gasteiger partial charge in [0.05, 0.1) is 6.07 Å². The first kappa shape index (κ1) is 29.4. The number of nitrogens with one attached hydrogen (secondary N) is 1. The molecule has 0 spiro atoms. The van der Waals surface area contributed by atoms with Crippen LogP contribution in [0.5, 0.6) is 0 Å². The molecular weight excluding hydrogens is 520 g/mol. The molecular formula is C25H25Cl2F3N2O4. The maximum atomic E-state index is 12.3. The topological polar surface area (TPSA) is 110 Å². The van der Waals surface area contributed by atoms with Gasteiger partial charge in [0.15, 0.2) is 0 Å². The number of aliphatic carboxylic acids is 2. The molecule has 1 heterocycles. The zero-order chi connectivity index (χ0) is 27.3. The van der Waals surface area contributed by atoms with Gasteiger partial charge in [0, 0.05) is 22.0 Å². The van der Waals surface area contributed by atoms with Crippen LogP contribution in [0.15, 0.2) is 48.5 Å². The molecule has 2 aromatic rings. The van der Waals surface area contributed by atoms with Crippen molar-refractivity contribution < 1.29 is 33.0 Å². The predicted molar refractivity (Wildman–Crippen MR) is 129 cm³/mol. The highest BCUT2D eigenvalue weighted by Crippen LogP contribution is 2.51. The van der Waals surface area contributed by atoms with Crippen molar-refractivity contribution in [1.82, 2.24) is 5.32 Å². The molecule has 0 saturated carbocycles. The van der Waals surface area contributed by atoms with Crippen LogP contribution in [0, 0.1) is 17.2 Å². The number of nitrogens with zero attached hydrogens (tertiary/aromatic N) is 1. The largest absolute Gasteiger partial charge is 0.490 e. The second kappa shape index (κ2) is 12.0. The molecule has 0 unspecified atom stereocenters. The van der Waals surface area contributed by atoms with Crippen molar-refractivity contribution >= 4 is 35.1 Å². The van der Waals surface area contributed by atoms with E-state index in [0.717, 1.165) is 24.0 Å². The summed E-state index contributed by atoms with van der Waals surface area (Å²) in [7, 11) is 0. The Morgan fingerprint density at radius 3 is 2.06 bits per heavy atom. The minimum absolute atomic E-state index is 0.136. The summed E-state index contributed by atoms with van der Waals surface area (Å²) in [6.07, 6.45) is -3.42. The molecule has 1 saturated heterocycles. The van der Waals surface area contributed by atoms with Crippen molar-refractivity contribution in [2.75, 3.05) is 0 Å². The monoisotopic (exact) mass is 544 g/mol. The van der Waals surface area contributed by atoms with Gasteiger partial charge in [-0.15, -0.1) is 0 Å². The molecule has 11 heteroatoms. The Bertz CT molecular complexity index is 1120. The molecule has 3 N–H and O–H groups in total. The fourth-order valence-electron chi connectivity index (χ4n) is 4.80. The van der Waals surface area contributed by atoms with E-state index >= 15 is 0 Å². The summed E-state index contributed by atoms with van der Waals surface area (Å²) in [5, 5.41) is 32.2. The van der Waals surface area contributed by atoms with Gasteiger partial charge in [-0.05, 0) is 41.3 Å². The number of alkyl halides is 3. The van der Waals surface area contributed by atoms with Crippen LogP contribution in [0.1, 0.15) is 43.7 Å². The highest BCUT2D eigenvalue weighted by Gasteiger charge is 2.60. The SMILES string of the molecule is CCC(CC)[C@H]1N[C@@H](C(=O)O)[C@H](c2cccc(Cl)c2)[C@@]1(C#N)c1ccc(Cl)cc1.O=C(O)C(F)(F)F. The fraction of sp³-hybridized carbons (Fsp3) is 0.400. The van der Waals surface area contributed by atoms with Crippen molar-refractivity contribution in [1.29, 1.82) is 5.26 Å². The minimum Gasteiger partial charge on any atom is -0.480 e. The Kier molecular flexibility index (Phi) is 9.78. The molecule has 1 aliphatic heterocycles. The molecule has 0 aliphatic carbocycles. The van der Waals surface area contributed by atoms with Gasteiger partial charge in [-0.25, -0.2) is 4.79 Å². The number of halogens is 5. The molecule has 1 aliphatic rings. The fourth-order valence-corrected chi connectivity index (χ4v) is 5.13. The van der Waals surface area contributed by atoms with Gasteiger partial charge in [-0.3, -0.25) is 10.1 Å². The van der Waals surface area contributed by atoms with Crippen molar-refractivity contribution in [3.8, 4) is 6.07 Å². The number of hydrogen-bond donors (Lipinski definition) is 3. The lowest BCUT2D eigenvalue weighted by Crippen LogP contribution is -2.46. The van der Waals surface area contributed by atoms with Gasteiger partial charge >= 0.3 is 18.1 Å². The molecule has 0 aromatic heterocycles. The average Bonchev–Trinajstić information content (AvgIpc) is 3.16. The zero-order valence-electron chi connectivity index (χ0n) is 19.4. The number of rotatable bonds is 6. The number of hydrogen-bond acceptors (Lipinski definition) is 4. The first-order chi connectivity index (χ1) is 16.8. The molecule has 194 valence electrons. The summed E-state index contributed by atoms with van der Waals surface area (Å²) in [6, 6.07) is 15.7. The van der Waals surface area contributed by atoms with Crippen LogP contribution in [-0.2, 0) is 15.0 Å². The van der Waals surface area contributed by atoms with E-state index < -0.39 is 35.5 Å². The van der Waals surface area contributed by atoms with Gasteiger partial charge in [0.25, 0.3) is 0 Å². The summed E-state index contributed by atoms with van der Waals surface area (Å²) in [5.41, 5.74) is 0.430. The first-order valence-electron chi connectivity index (χ1n) is 11.0. The molecule has 6 nitrogen and oxygen atoms in total. The highest BCUT2D eigenvalue weighted by atomic mass is 35.5. The Labute approximate surface area is 216 Å². The van der Waals surface area contributed by atoms with Crippen LogP contribution in [0.25, 0.3) is 0 Å². The second-order valence-electron chi connectivity index (χ2n) is 8.36. The molecule has 2 aromatic carbocycles. The molecule has 0 radical (unpaired) electrons. The second-order valence-corrected chi connectivity index (χ2v) is 9.23. The number of carboxylic acids is 2. The van der Waals surface area contributed by atoms with E-state index in [1.807, 2.05) is 18.2 Å². The first-order valence-corrected chi connectivity index (χ1v) is 11.8. The zero-order valence-corrected chi connectivity index (χ0v) is 20.9. The number of nitriles is 1. The summed E-state index contributed by atoms with van der Waals surface area (Å²) in [5.74, 6) is -4.20. The van der Waals surface area contributed by atoms with Gasteiger partial charge in [-0.1, -0.05) is 74.2 Å². The van der Waals surface area contributed by atoms with E-state index in [0.29, 0.717) is 10.0 Å². The van der Waals surface area contributed by atoms with Crippen molar-refractivity contribution in [3.05, 3.63) is 69.7 Å². The predicted octanol–water partition coefficient (Wildman–Crippen LogP) is 6.03. The van der Waals surface area contributed by atoms with E-state index in [1.54, 1.807) is 30.3 Å². The number of benzene rings is 2. The summed E-state index contributed by atoms with van der Waals surface area (Å²) in [6.45, 7) is 4.14. The lowest BCUT2D eigenvalue weighted by molar-refractivity contribution is -0.192. The van der Waals surface area contributed by atoms with Crippen molar-refractivity contribution in [2.24, 2.45) is 5.92 Å². The van der Waals surface area contributed by atoms with Crippen LogP contribution in [-0.4, -0.2) is 40.4 Å². The molecule has 0 bridgehead atoms. The third-order valence-electron chi connectivity index (χ3n) is 6.42. The maximum Gasteiger partial charge on any atom is 0.490 e. The highest BCUT2D eigenvalue weighted by molar-refractivity contribution is 6.30. The van der Waals surface area contributed by atoms with E-state index in [2.05, 4.69) is 25.2 Å². The third-order valence-corrected chi connectivity index (χ3v) is 6.90. The summed E-state index contributed by atoms with van der Waals surface area (Å²) < 4.78 is 31.7. The van der Waals surface area contributed by atoms with Gasteiger partial charge < -0.3 is 10.2 Å². The van der Waals surface area contributed by atoms with Crippen molar-refractivity contribution in [3.63, 3.8) is 0 Å². The van der Waals surface area contributed by atoms with E-state index in [1.165, 1.54) is 0 Å². The van der Waals surface area contributed by atoms with E-state index in [4.69, 9.17) is 33.1 Å². The lowest BCUT2D eigenvalue weighted by atomic mass is 9.62. The number of carbonyl (C=O) groups is 2. The smallest absolute Gasteiger partial charge is 0.480 e. The molecule has 36 heavy (non-hydrogen) atoms.